The number of nitrogens with one attached hydrogen (secondary N) is 1. The third-order valence-electron chi connectivity index (χ3n) is 4.12. The van der Waals surface area contributed by atoms with Gasteiger partial charge in [-0.25, -0.2) is 9.07 Å². The maximum atomic E-state index is 13.6. The summed E-state index contributed by atoms with van der Waals surface area (Å²) in [5.74, 6) is 0.472. The van der Waals surface area contributed by atoms with E-state index in [0.717, 1.165) is 16.9 Å². The Hall–Kier alpha value is -3.15. The standard InChI is InChI=1S/C21H22FN3O2/c1-3-23-20(26)13-12-19-15(2)24-25(17-9-5-4-6-10-17)21(19)27-18-11-7-8-16(22)14-18/h4-11,14H,3,12-13H2,1-2H3,(H,23,26). The van der Waals surface area contributed by atoms with E-state index >= 15 is 0 Å². The largest absolute Gasteiger partial charge is 0.439 e. The second kappa shape index (κ2) is 8.49. The molecule has 0 atom stereocenters. The highest BCUT2D eigenvalue weighted by atomic mass is 19.1. The third-order valence-corrected chi connectivity index (χ3v) is 4.12. The topological polar surface area (TPSA) is 56.2 Å². The Morgan fingerprint density at radius 3 is 2.67 bits per heavy atom. The molecule has 0 radical (unpaired) electrons. The molecule has 0 aliphatic rings. The summed E-state index contributed by atoms with van der Waals surface area (Å²) in [6.07, 6.45) is 0.809. The number of hydrogen-bond acceptors (Lipinski definition) is 3. The van der Waals surface area contributed by atoms with Crippen LogP contribution in [0.3, 0.4) is 0 Å². The van der Waals surface area contributed by atoms with Gasteiger partial charge in [-0.05, 0) is 44.5 Å². The molecule has 3 aromatic rings. The average molecular weight is 367 g/mol. The number of rotatable bonds is 7. The Balaban J connectivity index is 1.98. The molecule has 3 rings (SSSR count). The van der Waals surface area contributed by atoms with Gasteiger partial charge in [-0.1, -0.05) is 24.3 Å². The highest BCUT2D eigenvalue weighted by Gasteiger charge is 2.19. The average Bonchev–Trinajstić information content (AvgIpc) is 2.96. The monoisotopic (exact) mass is 367 g/mol. The molecule has 0 saturated heterocycles. The van der Waals surface area contributed by atoms with Crippen LogP contribution >= 0.6 is 0 Å². The first-order chi connectivity index (χ1) is 13.1. The van der Waals surface area contributed by atoms with E-state index in [1.807, 2.05) is 44.2 Å². The number of ether oxygens (including phenoxy) is 1. The molecule has 2 aromatic carbocycles. The van der Waals surface area contributed by atoms with Gasteiger partial charge in [0.2, 0.25) is 11.8 Å². The molecule has 0 saturated carbocycles. The van der Waals surface area contributed by atoms with E-state index in [1.165, 1.54) is 12.1 Å². The molecule has 1 aromatic heterocycles. The third kappa shape index (κ3) is 4.53. The number of benzene rings is 2. The van der Waals surface area contributed by atoms with Crippen molar-refractivity contribution in [3.8, 4) is 17.3 Å². The number of aryl methyl sites for hydroxylation is 1. The second-order valence-corrected chi connectivity index (χ2v) is 6.13. The summed E-state index contributed by atoms with van der Waals surface area (Å²) in [5.41, 5.74) is 2.43. The van der Waals surface area contributed by atoms with Crippen molar-refractivity contribution in [2.75, 3.05) is 6.54 Å². The van der Waals surface area contributed by atoms with E-state index in [9.17, 15) is 9.18 Å². The van der Waals surface area contributed by atoms with Crippen LogP contribution in [0.25, 0.3) is 5.69 Å². The molecular weight excluding hydrogens is 345 g/mol. The van der Waals surface area contributed by atoms with Gasteiger partial charge in [-0.15, -0.1) is 0 Å². The Morgan fingerprint density at radius 1 is 1.19 bits per heavy atom. The van der Waals surface area contributed by atoms with Crippen LogP contribution < -0.4 is 10.1 Å². The van der Waals surface area contributed by atoms with Crippen molar-refractivity contribution in [3.05, 3.63) is 71.7 Å². The van der Waals surface area contributed by atoms with Crippen LogP contribution in [0.15, 0.2) is 54.6 Å². The molecule has 6 heteroatoms. The zero-order chi connectivity index (χ0) is 19.2. The number of para-hydroxylation sites is 1. The number of aromatic nitrogens is 2. The smallest absolute Gasteiger partial charge is 0.226 e. The number of nitrogens with zero attached hydrogens (tertiary/aromatic N) is 2. The van der Waals surface area contributed by atoms with Crippen molar-refractivity contribution in [2.45, 2.75) is 26.7 Å². The highest BCUT2D eigenvalue weighted by molar-refractivity contribution is 5.76. The summed E-state index contributed by atoms with van der Waals surface area (Å²) in [5, 5.41) is 7.38. The molecule has 1 N–H and O–H groups in total. The fourth-order valence-corrected chi connectivity index (χ4v) is 2.84. The summed E-state index contributed by atoms with van der Waals surface area (Å²) in [4.78, 5) is 11.9. The molecule has 1 amide bonds. The lowest BCUT2D eigenvalue weighted by Crippen LogP contribution is -2.22. The molecule has 5 nitrogen and oxygen atoms in total. The Bertz CT molecular complexity index is 922. The normalized spacial score (nSPS) is 10.6. The minimum Gasteiger partial charge on any atom is -0.439 e. The van der Waals surface area contributed by atoms with E-state index in [2.05, 4.69) is 10.4 Å². The number of hydrogen-bond donors (Lipinski definition) is 1. The minimum absolute atomic E-state index is 0.0268. The van der Waals surface area contributed by atoms with Gasteiger partial charge in [0.1, 0.15) is 11.6 Å². The van der Waals surface area contributed by atoms with Crippen molar-refractivity contribution in [1.29, 1.82) is 0 Å². The first kappa shape index (κ1) is 18.6. The van der Waals surface area contributed by atoms with Crippen molar-refractivity contribution >= 4 is 5.91 Å². The van der Waals surface area contributed by atoms with E-state index in [4.69, 9.17) is 4.74 Å². The summed E-state index contributed by atoms with van der Waals surface area (Å²) >= 11 is 0. The first-order valence-electron chi connectivity index (χ1n) is 8.92. The van der Waals surface area contributed by atoms with Crippen LogP contribution in [0.5, 0.6) is 11.6 Å². The molecule has 0 unspecified atom stereocenters. The molecule has 1 heterocycles. The van der Waals surface area contributed by atoms with Crippen LogP contribution in [0, 0.1) is 12.7 Å². The van der Waals surface area contributed by atoms with Gasteiger partial charge in [0, 0.05) is 24.6 Å². The van der Waals surface area contributed by atoms with E-state index in [-0.39, 0.29) is 11.7 Å². The van der Waals surface area contributed by atoms with Crippen LogP contribution in [0.1, 0.15) is 24.6 Å². The summed E-state index contributed by atoms with van der Waals surface area (Å²) in [7, 11) is 0. The first-order valence-corrected chi connectivity index (χ1v) is 8.92. The van der Waals surface area contributed by atoms with Crippen LogP contribution in [-0.2, 0) is 11.2 Å². The van der Waals surface area contributed by atoms with Gasteiger partial charge in [0.15, 0.2) is 0 Å². The van der Waals surface area contributed by atoms with Crippen molar-refractivity contribution in [1.82, 2.24) is 15.1 Å². The van der Waals surface area contributed by atoms with Crippen molar-refractivity contribution in [2.24, 2.45) is 0 Å². The Morgan fingerprint density at radius 2 is 1.96 bits per heavy atom. The van der Waals surface area contributed by atoms with Crippen LogP contribution in [-0.4, -0.2) is 22.2 Å². The lowest BCUT2D eigenvalue weighted by atomic mass is 10.1. The van der Waals surface area contributed by atoms with E-state index in [1.54, 1.807) is 16.8 Å². The molecule has 140 valence electrons. The summed E-state index contributed by atoms with van der Waals surface area (Å²) in [6, 6.07) is 15.5. The SMILES string of the molecule is CCNC(=O)CCc1c(C)nn(-c2ccccc2)c1Oc1cccc(F)c1. The van der Waals surface area contributed by atoms with Crippen LogP contribution in [0.2, 0.25) is 0 Å². The predicted molar refractivity (Wildman–Crippen MR) is 102 cm³/mol. The lowest BCUT2D eigenvalue weighted by Gasteiger charge is -2.11. The molecular formula is C21H22FN3O2. The quantitative estimate of drug-likeness (QED) is 0.681. The van der Waals surface area contributed by atoms with Crippen molar-refractivity contribution < 1.29 is 13.9 Å². The highest BCUT2D eigenvalue weighted by Crippen LogP contribution is 2.31. The zero-order valence-electron chi connectivity index (χ0n) is 15.4. The van der Waals surface area contributed by atoms with Crippen molar-refractivity contribution in [3.63, 3.8) is 0 Å². The molecule has 0 fully saturated rings. The maximum absolute atomic E-state index is 13.6. The van der Waals surface area contributed by atoms with Gasteiger partial charge in [0.05, 0.1) is 11.4 Å². The maximum Gasteiger partial charge on any atom is 0.226 e. The fourth-order valence-electron chi connectivity index (χ4n) is 2.84. The number of halogens is 1. The second-order valence-electron chi connectivity index (χ2n) is 6.13. The van der Waals surface area contributed by atoms with Crippen LogP contribution in [0.4, 0.5) is 4.39 Å². The zero-order valence-corrected chi connectivity index (χ0v) is 15.4. The molecule has 0 aliphatic carbocycles. The predicted octanol–water partition coefficient (Wildman–Crippen LogP) is 4.18. The summed E-state index contributed by atoms with van der Waals surface area (Å²) in [6.45, 7) is 4.35. The minimum atomic E-state index is -0.376. The van der Waals surface area contributed by atoms with E-state index < -0.39 is 0 Å². The van der Waals surface area contributed by atoms with Gasteiger partial charge < -0.3 is 10.1 Å². The van der Waals surface area contributed by atoms with Gasteiger partial charge in [0.25, 0.3) is 0 Å². The lowest BCUT2D eigenvalue weighted by molar-refractivity contribution is -0.120. The van der Waals surface area contributed by atoms with Gasteiger partial charge in [-0.3, -0.25) is 4.79 Å². The molecule has 0 spiro atoms. The molecule has 0 aliphatic heterocycles. The van der Waals surface area contributed by atoms with E-state index in [0.29, 0.717) is 31.0 Å². The van der Waals surface area contributed by atoms with Gasteiger partial charge in [-0.2, -0.15) is 5.10 Å². The Labute approximate surface area is 157 Å². The Kier molecular flexibility index (Phi) is 5.86. The molecule has 0 bridgehead atoms. The number of amides is 1. The van der Waals surface area contributed by atoms with Gasteiger partial charge >= 0.3 is 0 Å². The summed E-state index contributed by atoms with van der Waals surface area (Å²) < 4.78 is 21.3. The number of carbonyl (C=O) groups excluding carboxylic acids is 1. The molecule has 27 heavy (non-hydrogen) atoms. The fraction of sp³-hybridized carbons (Fsp3) is 0.238. The number of carbonyl (C=O) groups is 1.